The van der Waals surface area contributed by atoms with Gasteiger partial charge >= 0.3 is 0 Å². The van der Waals surface area contributed by atoms with E-state index >= 15 is 0 Å². The second-order valence-electron chi connectivity index (χ2n) is 8.69. The number of hydrogen-bond donors (Lipinski definition) is 0. The van der Waals surface area contributed by atoms with Gasteiger partial charge in [0.1, 0.15) is 5.75 Å². The maximum atomic E-state index is 12.6. The van der Waals surface area contributed by atoms with Crippen LogP contribution in [-0.4, -0.2) is 79.5 Å². The standard InChI is InChI=1S/C25H36N4O2/c1-27(18-22-8-13-26-14-9-22)20-25(30)28(2)19-23-11-16-29(17-12-23)15-10-21-4-6-24(31-3)7-5-21/h4-9,13-14,23H,10-12,15-20H2,1-3H3. The van der Waals surface area contributed by atoms with Gasteiger partial charge in [0.05, 0.1) is 13.7 Å². The van der Waals surface area contributed by atoms with E-state index in [1.165, 1.54) is 11.1 Å². The molecule has 0 atom stereocenters. The van der Waals surface area contributed by atoms with Gasteiger partial charge in [-0.3, -0.25) is 14.7 Å². The number of benzene rings is 1. The summed E-state index contributed by atoms with van der Waals surface area (Å²) in [7, 11) is 5.64. The van der Waals surface area contributed by atoms with Crippen LogP contribution in [0.3, 0.4) is 0 Å². The predicted molar refractivity (Wildman–Crippen MR) is 124 cm³/mol. The lowest BCUT2D eigenvalue weighted by Gasteiger charge is -2.34. The van der Waals surface area contributed by atoms with Crippen LogP contribution in [0, 0.1) is 5.92 Å². The SMILES string of the molecule is COc1ccc(CCN2CCC(CN(C)C(=O)CN(C)Cc3ccncc3)CC2)cc1. The molecule has 2 heterocycles. The van der Waals surface area contributed by atoms with Gasteiger partial charge in [-0.25, -0.2) is 0 Å². The van der Waals surface area contributed by atoms with Crippen molar-refractivity contribution in [2.24, 2.45) is 5.92 Å². The Labute approximate surface area is 186 Å². The molecule has 168 valence electrons. The van der Waals surface area contributed by atoms with E-state index in [2.05, 4.69) is 26.9 Å². The fourth-order valence-electron chi connectivity index (χ4n) is 4.17. The molecule has 6 heteroatoms. The predicted octanol–water partition coefficient (Wildman–Crippen LogP) is 2.94. The Morgan fingerprint density at radius 2 is 1.74 bits per heavy atom. The number of aromatic nitrogens is 1. The average Bonchev–Trinajstić information content (AvgIpc) is 2.79. The number of amides is 1. The molecule has 0 N–H and O–H groups in total. The van der Waals surface area contributed by atoms with Crippen LogP contribution in [0.25, 0.3) is 0 Å². The molecule has 6 nitrogen and oxygen atoms in total. The van der Waals surface area contributed by atoms with Crippen LogP contribution >= 0.6 is 0 Å². The molecule has 0 radical (unpaired) electrons. The van der Waals surface area contributed by atoms with E-state index in [0.29, 0.717) is 12.5 Å². The number of nitrogens with zero attached hydrogens (tertiary/aromatic N) is 4. The summed E-state index contributed by atoms with van der Waals surface area (Å²) in [5, 5.41) is 0. The smallest absolute Gasteiger partial charge is 0.236 e. The van der Waals surface area contributed by atoms with Crippen LogP contribution < -0.4 is 4.74 Å². The normalized spacial score (nSPS) is 15.2. The third-order valence-corrected chi connectivity index (χ3v) is 6.15. The van der Waals surface area contributed by atoms with E-state index in [1.54, 1.807) is 19.5 Å². The largest absolute Gasteiger partial charge is 0.497 e. The Kier molecular flexibility index (Phi) is 8.85. The van der Waals surface area contributed by atoms with Gasteiger partial charge in [-0.15, -0.1) is 0 Å². The summed E-state index contributed by atoms with van der Waals surface area (Å²) in [5.74, 6) is 1.70. The van der Waals surface area contributed by atoms with Crippen molar-refractivity contribution in [1.82, 2.24) is 19.7 Å². The molecular formula is C25H36N4O2. The topological polar surface area (TPSA) is 48.9 Å². The third-order valence-electron chi connectivity index (χ3n) is 6.15. The summed E-state index contributed by atoms with van der Waals surface area (Å²) in [6.07, 6.45) is 6.97. The minimum absolute atomic E-state index is 0.193. The number of methoxy groups -OCH3 is 1. The van der Waals surface area contributed by atoms with E-state index in [1.807, 2.05) is 43.3 Å². The Balaban J connectivity index is 1.34. The van der Waals surface area contributed by atoms with Gasteiger partial charge < -0.3 is 14.5 Å². The van der Waals surface area contributed by atoms with Gasteiger partial charge in [0, 0.05) is 39.1 Å². The fourth-order valence-corrected chi connectivity index (χ4v) is 4.17. The third kappa shape index (κ3) is 7.64. The van der Waals surface area contributed by atoms with Gasteiger partial charge in [0.15, 0.2) is 0 Å². The number of carbonyl (C=O) groups excluding carboxylic acids is 1. The minimum atomic E-state index is 0.193. The zero-order valence-corrected chi connectivity index (χ0v) is 19.2. The molecule has 1 fully saturated rings. The van der Waals surface area contributed by atoms with Crippen molar-refractivity contribution in [3.05, 3.63) is 59.9 Å². The lowest BCUT2D eigenvalue weighted by atomic mass is 9.96. The van der Waals surface area contributed by atoms with E-state index in [4.69, 9.17) is 4.74 Å². The van der Waals surface area contributed by atoms with Crippen LogP contribution in [0.5, 0.6) is 5.75 Å². The van der Waals surface area contributed by atoms with Gasteiger partial charge in [-0.2, -0.15) is 0 Å². The highest BCUT2D eigenvalue weighted by atomic mass is 16.5. The number of piperidine rings is 1. The number of pyridine rings is 1. The Hall–Kier alpha value is -2.44. The highest BCUT2D eigenvalue weighted by Crippen LogP contribution is 2.19. The first-order valence-corrected chi connectivity index (χ1v) is 11.2. The van der Waals surface area contributed by atoms with Crippen molar-refractivity contribution in [2.75, 3.05) is 53.9 Å². The summed E-state index contributed by atoms with van der Waals surface area (Å²) >= 11 is 0. The summed E-state index contributed by atoms with van der Waals surface area (Å²) < 4.78 is 5.23. The van der Waals surface area contributed by atoms with E-state index in [0.717, 1.165) is 57.7 Å². The van der Waals surface area contributed by atoms with Crippen LogP contribution in [0.1, 0.15) is 24.0 Å². The zero-order chi connectivity index (χ0) is 22.1. The maximum absolute atomic E-state index is 12.6. The van der Waals surface area contributed by atoms with Crippen LogP contribution in [0.2, 0.25) is 0 Å². The quantitative estimate of drug-likeness (QED) is 0.587. The number of likely N-dealkylation sites (tertiary alicyclic amines) is 1. The highest BCUT2D eigenvalue weighted by Gasteiger charge is 2.22. The van der Waals surface area contributed by atoms with Gasteiger partial charge in [0.25, 0.3) is 0 Å². The second kappa shape index (κ2) is 11.8. The molecule has 0 unspecified atom stereocenters. The molecule has 0 saturated carbocycles. The van der Waals surface area contributed by atoms with Crippen molar-refractivity contribution in [3.63, 3.8) is 0 Å². The van der Waals surface area contributed by atoms with E-state index in [9.17, 15) is 4.79 Å². The van der Waals surface area contributed by atoms with E-state index in [-0.39, 0.29) is 5.91 Å². The summed E-state index contributed by atoms with van der Waals surface area (Å²) in [6, 6.07) is 12.3. The number of hydrogen-bond acceptors (Lipinski definition) is 5. The molecule has 1 aliphatic heterocycles. The molecule has 1 aromatic carbocycles. The Morgan fingerprint density at radius 1 is 1.06 bits per heavy atom. The molecule has 1 aliphatic rings. The van der Waals surface area contributed by atoms with E-state index < -0.39 is 0 Å². The van der Waals surface area contributed by atoms with Crippen molar-refractivity contribution >= 4 is 5.91 Å². The first-order valence-electron chi connectivity index (χ1n) is 11.2. The summed E-state index contributed by atoms with van der Waals surface area (Å²) in [6.45, 7) is 5.38. The summed E-state index contributed by atoms with van der Waals surface area (Å²) in [5.41, 5.74) is 2.53. The number of carbonyl (C=O) groups is 1. The number of rotatable bonds is 10. The Morgan fingerprint density at radius 3 is 2.39 bits per heavy atom. The highest BCUT2D eigenvalue weighted by molar-refractivity contribution is 5.77. The van der Waals surface area contributed by atoms with Crippen molar-refractivity contribution < 1.29 is 9.53 Å². The molecule has 0 spiro atoms. The zero-order valence-electron chi connectivity index (χ0n) is 19.2. The monoisotopic (exact) mass is 424 g/mol. The van der Waals surface area contributed by atoms with Crippen molar-refractivity contribution in [2.45, 2.75) is 25.8 Å². The first kappa shape index (κ1) is 23.2. The molecule has 3 rings (SSSR count). The first-order chi connectivity index (χ1) is 15.0. The molecule has 1 amide bonds. The molecule has 1 saturated heterocycles. The molecule has 2 aromatic rings. The van der Waals surface area contributed by atoms with Crippen molar-refractivity contribution in [1.29, 1.82) is 0 Å². The van der Waals surface area contributed by atoms with Crippen LogP contribution in [0.4, 0.5) is 0 Å². The lowest BCUT2D eigenvalue weighted by molar-refractivity contribution is -0.131. The average molecular weight is 425 g/mol. The number of likely N-dealkylation sites (N-methyl/N-ethyl adjacent to an activating group) is 2. The maximum Gasteiger partial charge on any atom is 0.236 e. The van der Waals surface area contributed by atoms with Gasteiger partial charge in [-0.05, 0) is 80.7 Å². The van der Waals surface area contributed by atoms with Crippen LogP contribution in [0.15, 0.2) is 48.8 Å². The van der Waals surface area contributed by atoms with Crippen molar-refractivity contribution in [3.8, 4) is 5.75 Å². The molecule has 0 aliphatic carbocycles. The fraction of sp³-hybridized carbons (Fsp3) is 0.520. The molecular weight excluding hydrogens is 388 g/mol. The number of ether oxygens (including phenoxy) is 1. The minimum Gasteiger partial charge on any atom is -0.497 e. The summed E-state index contributed by atoms with van der Waals surface area (Å²) in [4.78, 5) is 23.2. The van der Waals surface area contributed by atoms with Crippen LogP contribution in [-0.2, 0) is 17.8 Å². The lowest BCUT2D eigenvalue weighted by Crippen LogP contribution is -2.42. The molecule has 31 heavy (non-hydrogen) atoms. The molecule has 1 aromatic heterocycles. The Bertz CT molecular complexity index is 789. The van der Waals surface area contributed by atoms with Gasteiger partial charge in [0.2, 0.25) is 5.91 Å². The molecule has 0 bridgehead atoms. The van der Waals surface area contributed by atoms with Gasteiger partial charge in [-0.1, -0.05) is 12.1 Å². The second-order valence-corrected chi connectivity index (χ2v) is 8.69.